The third-order valence-electron chi connectivity index (χ3n) is 3.13. The lowest BCUT2D eigenvalue weighted by atomic mass is 10.2. The van der Waals surface area contributed by atoms with Crippen LogP contribution >= 0.6 is 11.6 Å². The number of hydrogen-bond acceptors (Lipinski definition) is 4. The molecule has 6 nitrogen and oxygen atoms in total. The Morgan fingerprint density at radius 2 is 1.92 bits per heavy atom. The number of aromatic nitrogens is 1. The van der Waals surface area contributed by atoms with Crippen molar-refractivity contribution in [1.82, 2.24) is 4.57 Å². The maximum atomic E-state index is 12.7. The molecule has 0 spiro atoms. The zero-order valence-electron chi connectivity index (χ0n) is 13.0. The Balaban J connectivity index is 1.94. The van der Waals surface area contributed by atoms with Crippen LogP contribution in [-0.2, 0) is 27.0 Å². The number of anilines is 1. The summed E-state index contributed by atoms with van der Waals surface area (Å²) >= 11 is 5.75. The fourth-order valence-corrected chi connectivity index (χ4v) is 2.07. The van der Waals surface area contributed by atoms with E-state index < -0.39 is 42.3 Å². The number of carbonyl (C=O) groups excluding carboxylic acids is 2. The second-order valence-electron chi connectivity index (χ2n) is 5.07. The Hall–Kier alpha value is -2.81. The van der Waals surface area contributed by atoms with Crippen LogP contribution in [0.1, 0.15) is 5.56 Å². The van der Waals surface area contributed by atoms with Gasteiger partial charge >= 0.3 is 12.1 Å². The van der Waals surface area contributed by atoms with Gasteiger partial charge in [0.1, 0.15) is 6.54 Å². The highest BCUT2D eigenvalue weighted by Crippen LogP contribution is 2.33. The molecule has 0 aliphatic carbocycles. The Morgan fingerprint density at radius 3 is 2.58 bits per heavy atom. The van der Waals surface area contributed by atoms with Gasteiger partial charge in [-0.2, -0.15) is 13.2 Å². The predicted octanol–water partition coefficient (Wildman–Crippen LogP) is 2.70. The van der Waals surface area contributed by atoms with Crippen LogP contribution in [0.3, 0.4) is 0 Å². The molecule has 1 amide bonds. The summed E-state index contributed by atoms with van der Waals surface area (Å²) in [5, 5.41) is 2.03. The van der Waals surface area contributed by atoms with Crippen LogP contribution in [0.5, 0.6) is 0 Å². The smallest absolute Gasteiger partial charge is 0.416 e. The molecule has 0 bridgehead atoms. The molecule has 0 radical (unpaired) electrons. The van der Waals surface area contributed by atoms with Gasteiger partial charge in [0.2, 0.25) is 0 Å². The molecule has 0 saturated heterocycles. The van der Waals surface area contributed by atoms with Crippen molar-refractivity contribution < 1.29 is 27.5 Å². The van der Waals surface area contributed by atoms with Crippen molar-refractivity contribution in [2.24, 2.45) is 0 Å². The van der Waals surface area contributed by atoms with E-state index in [1.54, 1.807) is 0 Å². The van der Waals surface area contributed by atoms with Crippen molar-refractivity contribution in [3.05, 3.63) is 63.5 Å². The highest BCUT2D eigenvalue weighted by molar-refractivity contribution is 6.33. The zero-order valence-corrected chi connectivity index (χ0v) is 13.8. The molecule has 10 heteroatoms. The maximum Gasteiger partial charge on any atom is 0.416 e. The molecular weight excluding hydrogens is 377 g/mol. The first-order valence-electron chi connectivity index (χ1n) is 7.14. The van der Waals surface area contributed by atoms with E-state index in [4.69, 9.17) is 16.3 Å². The minimum atomic E-state index is -4.60. The number of benzene rings is 1. The topological polar surface area (TPSA) is 77.4 Å². The van der Waals surface area contributed by atoms with Crippen LogP contribution in [0.4, 0.5) is 18.9 Å². The molecule has 2 rings (SSSR count). The van der Waals surface area contributed by atoms with Crippen LogP contribution in [0.15, 0.2) is 47.4 Å². The monoisotopic (exact) mass is 388 g/mol. The molecule has 0 unspecified atom stereocenters. The Morgan fingerprint density at radius 1 is 1.19 bits per heavy atom. The molecule has 26 heavy (non-hydrogen) atoms. The highest BCUT2D eigenvalue weighted by atomic mass is 35.5. The average molecular weight is 389 g/mol. The number of amides is 1. The summed E-state index contributed by atoms with van der Waals surface area (Å²) in [5.74, 6) is -1.73. The normalized spacial score (nSPS) is 11.1. The molecule has 1 N–H and O–H groups in total. The third kappa shape index (κ3) is 5.35. The third-order valence-corrected chi connectivity index (χ3v) is 3.46. The second-order valence-corrected chi connectivity index (χ2v) is 5.48. The summed E-state index contributed by atoms with van der Waals surface area (Å²) < 4.78 is 43.8. The summed E-state index contributed by atoms with van der Waals surface area (Å²) in [5.41, 5.74) is -1.68. The molecule has 0 atom stereocenters. The Kier molecular flexibility index (Phi) is 6.04. The van der Waals surface area contributed by atoms with Crippen LogP contribution in [0.25, 0.3) is 0 Å². The molecule has 0 aliphatic heterocycles. The fraction of sp³-hybridized carbons (Fsp3) is 0.188. The van der Waals surface area contributed by atoms with Gasteiger partial charge in [0.05, 0.1) is 16.3 Å². The minimum absolute atomic E-state index is 0.103. The van der Waals surface area contributed by atoms with Crippen LogP contribution in [0.2, 0.25) is 5.02 Å². The summed E-state index contributed by atoms with van der Waals surface area (Å²) in [6, 6.07) is 6.72. The fourth-order valence-electron chi connectivity index (χ4n) is 1.91. The number of nitrogens with one attached hydrogen (secondary N) is 1. The SMILES string of the molecule is O=C(COC(=O)Cn1ccccc1=O)Nc1cc(C(F)(F)F)ccc1Cl. The molecule has 1 aromatic carbocycles. The van der Waals surface area contributed by atoms with E-state index in [9.17, 15) is 27.6 Å². The molecule has 0 fully saturated rings. The lowest BCUT2D eigenvalue weighted by Gasteiger charge is -2.12. The first-order chi connectivity index (χ1) is 12.2. The van der Waals surface area contributed by atoms with Crippen LogP contribution in [-0.4, -0.2) is 23.1 Å². The van der Waals surface area contributed by atoms with E-state index in [1.165, 1.54) is 24.4 Å². The molecule has 1 heterocycles. The van der Waals surface area contributed by atoms with Gasteiger partial charge in [-0.3, -0.25) is 14.4 Å². The molecular formula is C16H12ClF3N2O4. The van der Waals surface area contributed by atoms with Gasteiger partial charge in [0, 0.05) is 12.3 Å². The van der Waals surface area contributed by atoms with E-state index in [-0.39, 0.29) is 10.7 Å². The van der Waals surface area contributed by atoms with E-state index in [0.717, 1.165) is 16.7 Å². The van der Waals surface area contributed by atoms with Crippen LogP contribution < -0.4 is 10.9 Å². The number of pyridine rings is 1. The predicted molar refractivity (Wildman–Crippen MR) is 86.7 cm³/mol. The lowest BCUT2D eigenvalue weighted by molar-refractivity contribution is -0.147. The number of halogens is 4. The molecule has 0 saturated carbocycles. The number of ether oxygens (including phenoxy) is 1. The quantitative estimate of drug-likeness (QED) is 0.799. The Bertz CT molecular complexity index is 880. The number of carbonyl (C=O) groups is 2. The van der Waals surface area contributed by atoms with Crippen molar-refractivity contribution in [1.29, 1.82) is 0 Å². The number of alkyl halides is 3. The number of hydrogen-bond donors (Lipinski definition) is 1. The van der Waals surface area contributed by atoms with Gasteiger partial charge < -0.3 is 14.6 Å². The van der Waals surface area contributed by atoms with Gasteiger partial charge in [-0.15, -0.1) is 0 Å². The van der Waals surface area contributed by atoms with Gasteiger partial charge in [0.25, 0.3) is 11.5 Å². The molecule has 0 aliphatic rings. The van der Waals surface area contributed by atoms with E-state index in [1.807, 2.05) is 0 Å². The summed E-state index contributed by atoms with van der Waals surface area (Å²) in [6.45, 7) is -1.15. The first kappa shape index (κ1) is 19.5. The summed E-state index contributed by atoms with van der Waals surface area (Å²) in [7, 11) is 0. The second kappa shape index (κ2) is 8.05. The molecule has 138 valence electrons. The van der Waals surface area contributed by atoms with Crippen molar-refractivity contribution >= 4 is 29.2 Å². The number of nitrogens with zero attached hydrogens (tertiary/aromatic N) is 1. The van der Waals surface area contributed by atoms with Gasteiger partial charge in [-0.05, 0) is 24.3 Å². The summed E-state index contributed by atoms with van der Waals surface area (Å²) in [4.78, 5) is 34.8. The largest absolute Gasteiger partial charge is 0.454 e. The molecule has 1 aromatic heterocycles. The van der Waals surface area contributed by atoms with Crippen LogP contribution in [0, 0.1) is 0 Å². The van der Waals surface area contributed by atoms with E-state index in [2.05, 4.69) is 5.32 Å². The lowest BCUT2D eigenvalue weighted by Crippen LogP contribution is -2.27. The summed E-state index contributed by atoms with van der Waals surface area (Å²) in [6.07, 6.45) is -3.23. The standard InChI is InChI=1S/C16H12ClF3N2O4/c17-11-5-4-10(16(18,19)20)7-12(11)21-13(23)9-26-15(25)8-22-6-2-1-3-14(22)24/h1-7H,8-9H2,(H,21,23). The maximum absolute atomic E-state index is 12.7. The van der Waals surface area contributed by atoms with Crippen molar-refractivity contribution in [2.45, 2.75) is 12.7 Å². The van der Waals surface area contributed by atoms with Crippen molar-refractivity contribution in [3.8, 4) is 0 Å². The zero-order chi connectivity index (χ0) is 19.3. The van der Waals surface area contributed by atoms with Crippen molar-refractivity contribution in [3.63, 3.8) is 0 Å². The van der Waals surface area contributed by atoms with E-state index >= 15 is 0 Å². The van der Waals surface area contributed by atoms with Crippen molar-refractivity contribution in [2.75, 3.05) is 11.9 Å². The molecule has 2 aromatic rings. The number of esters is 1. The minimum Gasteiger partial charge on any atom is -0.454 e. The Labute approximate surface area is 150 Å². The van der Waals surface area contributed by atoms with Gasteiger partial charge in [-0.25, -0.2) is 0 Å². The van der Waals surface area contributed by atoms with Gasteiger partial charge in [-0.1, -0.05) is 17.7 Å². The average Bonchev–Trinajstić information content (AvgIpc) is 2.56. The number of rotatable bonds is 5. The first-order valence-corrected chi connectivity index (χ1v) is 7.52. The van der Waals surface area contributed by atoms with E-state index in [0.29, 0.717) is 6.07 Å². The van der Waals surface area contributed by atoms with Gasteiger partial charge in [0.15, 0.2) is 6.61 Å². The highest BCUT2D eigenvalue weighted by Gasteiger charge is 2.31.